The molecule has 0 aromatic heterocycles. The lowest BCUT2D eigenvalue weighted by Crippen LogP contribution is -2.48. The summed E-state index contributed by atoms with van der Waals surface area (Å²) in [5.74, 6) is 0.818. The van der Waals surface area contributed by atoms with Crippen molar-refractivity contribution in [1.82, 2.24) is 9.21 Å². The summed E-state index contributed by atoms with van der Waals surface area (Å²) in [6.07, 6.45) is 8.56. The maximum Gasteiger partial charge on any atom is 0.243 e. The molecule has 2 aromatic carbocycles. The van der Waals surface area contributed by atoms with Gasteiger partial charge in [0, 0.05) is 57.4 Å². The van der Waals surface area contributed by atoms with Crippen LogP contribution in [0.25, 0.3) is 0 Å². The summed E-state index contributed by atoms with van der Waals surface area (Å²) < 4.78 is 33.7. The molecule has 182 valence electrons. The van der Waals surface area contributed by atoms with Crippen LogP contribution in [0, 0.1) is 0 Å². The molecule has 0 N–H and O–H groups in total. The van der Waals surface area contributed by atoms with Gasteiger partial charge >= 0.3 is 0 Å². The number of ether oxygens (including phenoxy) is 1. The van der Waals surface area contributed by atoms with E-state index in [1.165, 1.54) is 55.6 Å². The Bertz CT molecular complexity index is 1150. The third kappa shape index (κ3) is 4.23. The molecule has 0 bridgehead atoms. The molecule has 4 aliphatic rings. The number of anilines is 1. The average Bonchev–Trinajstić information content (AvgIpc) is 3.52. The van der Waals surface area contributed by atoms with E-state index in [0.29, 0.717) is 24.6 Å². The van der Waals surface area contributed by atoms with Crippen molar-refractivity contribution < 1.29 is 13.2 Å². The fraction of sp³-hybridized carbons (Fsp3) is 0.556. The molecule has 2 aromatic rings. The summed E-state index contributed by atoms with van der Waals surface area (Å²) in [5.41, 5.74) is 5.20. The van der Waals surface area contributed by atoms with Crippen LogP contribution in [0.4, 0.5) is 5.69 Å². The van der Waals surface area contributed by atoms with Crippen LogP contribution in [0.5, 0.6) is 5.75 Å². The number of piperazine rings is 1. The molecule has 6 rings (SSSR count). The highest BCUT2D eigenvalue weighted by Crippen LogP contribution is 2.31. The van der Waals surface area contributed by atoms with Gasteiger partial charge in [0.25, 0.3) is 0 Å². The molecule has 0 atom stereocenters. The van der Waals surface area contributed by atoms with Gasteiger partial charge in [-0.05, 0) is 72.7 Å². The zero-order valence-electron chi connectivity index (χ0n) is 19.9. The van der Waals surface area contributed by atoms with Crippen molar-refractivity contribution in [3.63, 3.8) is 0 Å². The summed E-state index contributed by atoms with van der Waals surface area (Å²) >= 11 is 0. The Morgan fingerprint density at radius 2 is 1.53 bits per heavy atom. The Morgan fingerprint density at radius 1 is 0.765 bits per heavy atom. The molecular formula is C27H35N3O3S. The monoisotopic (exact) mass is 481 g/mol. The Kier molecular flexibility index (Phi) is 6.04. The van der Waals surface area contributed by atoms with E-state index in [2.05, 4.69) is 28.0 Å². The van der Waals surface area contributed by atoms with Crippen LogP contribution in [-0.2, 0) is 29.3 Å². The zero-order valence-corrected chi connectivity index (χ0v) is 20.7. The van der Waals surface area contributed by atoms with Gasteiger partial charge in [-0.1, -0.05) is 18.9 Å². The van der Waals surface area contributed by atoms with Gasteiger partial charge in [-0.25, -0.2) is 8.42 Å². The first-order chi connectivity index (χ1) is 16.6. The molecule has 7 heteroatoms. The van der Waals surface area contributed by atoms with E-state index < -0.39 is 10.0 Å². The summed E-state index contributed by atoms with van der Waals surface area (Å²) in [5, 5.41) is 0. The van der Waals surface area contributed by atoms with Crippen molar-refractivity contribution >= 4 is 15.7 Å². The quantitative estimate of drug-likeness (QED) is 0.669. The van der Waals surface area contributed by atoms with Gasteiger partial charge in [0.1, 0.15) is 5.75 Å². The Morgan fingerprint density at radius 3 is 2.32 bits per heavy atom. The number of rotatable bonds is 4. The van der Waals surface area contributed by atoms with Crippen molar-refractivity contribution in [2.45, 2.75) is 55.9 Å². The minimum atomic E-state index is -3.48. The number of hydrogen-bond donors (Lipinski definition) is 0. The van der Waals surface area contributed by atoms with Crippen LogP contribution in [0.2, 0.25) is 0 Å². The number of nitrogens with zero attached hydrogens (tertiary/aromatic N) is 3. The van der Waals surface area contributed by atoms with Crippen molar-refractivity contribution in [2.75, 3.05) is 50.8 Å². The molecule has 0 amide bonds. The number of sulfonamides is 1. The normalized spacial score (nSPS) is 22.3. The summed E-state index contributed by atoms with van der Waals surface area (Å²) in [6.45, 7) is 5.46. The van der Waals surface area contributed by atoms with Crippen LogP contribution in [0.3, 0.4) is 0 Å². The van der Waals surface area contributed by atoms with E-state index in [-0.39, 0.29) is 0 Å². The minimum Gasteiger partial charge on any atom is -0.493 e. The van der Waals surface area contributed by atoms with Crippen molar-refractivity contribution in [3.8, 4) is 5.75 Å². The van der Waals surface area contributed by atoms with E-state index in [9.17, 15) is 8.42 Å². The van der Waals surface area contributed by atoms with Crippen LogP contribution in [-0.4, -0.2) is 69.5 Å². The topological polar surface area (TPSA) is 53.1 Å². The summed E-state index contributed by atoms with van der Waals surface area (Å²) in [7, 11) is -3.48. The molecule has 1 saturated carbocycles. The lowest BCUT2D eigenvalue weighted by atomic mass is 10.0. The molecule has 3 heterocycles. The third-order valence-electron chi connectivity index (χ3n) is 8.27. The molecule has 0 unspecified atom stereocenters. The van der Waals surface area contributed by atoms with Crippen molar-refractivity contribution in [2.24, 2.45) is 0 Å². The predicted molar refractivity (Wildman–Crippen MR) is 134 cm³/mol. The maximum atomic E-state index is 13.3. The third-order valence-corrected chi connectivity index (χ3v) is 10.2. The Labute approximate surface area is 203 Å². The van der Waals surface area contributed by atoms with Gasteiger partial charge in [0.05, 0.1) is 11.5 Å². The fourth-order valence-corrected chi connectivity index (χ4v) is 7.69. The summed E-state index contributed by atoms with van der Waals surface area (Å²) in [4.78, 5) is 5.46. The van der Waals surface area contributed by atoms with Gasteiger partial charge in [0.2, 0.25) is 10.0 Å². The molecular weight excluding hydrogens is 446 g/mol. The van der Waals surface area contributed by atoms with E-state index in [4.69, 9.17) is 4.74 Å². The van der Waals surface area contributed by atoms with Crippen LogP contribution in [0.15, 0.2) is 41.3 Å². The van der Waals surface area contributed by atoms with E-state index >= 15 is 0 Å². The molecule has 0 spiro atoms. The first-order valence-corrected chi connectivity index (χ1v) is 14.4. The molecule has 34 heavy (non-hydrogen) atoms. The number of fused-ring (bicyclic) bond motifs is 2. The zero-order chi connectivity index (χ0) is 23.1. The lowest BCUT2D eigenvalue weighted by Gasteiger charge is -2.35. The number of benzene rings is 2. The molecule has 2 fully saturated rings. The van der Waals surface area contributed by atoms with E-state index in [1.807, 2.05) is 0 Å². The van der Waals surface area contributed by atoms with Gasteiger partial charge in [-0.3, -0.25) is 4.90 Å². The highest BCUT2D eigenvalue weighted by atomic mass is 32.2. The minimum absolute atomic E-state index is 0.391. The van der Waals surface area contributed by atoms with Gasteiger partial charge < -0.3 is 9.64 Å². The summed E-state index contributed by atoms with van der Waals surface area (Å²) in [6, 6.07) is 13.0. The van der Waals surface area contributed by atoms with E-state index in [0.717, 1.165) is 49.7 Å². The highest BCUT2D eigenvalue weighted by molar-refractivity contribution is 7.89. The average molecular weight is 482 g/mol. The van der Waals surface area contributed by atoms with Crippen LogP contribution in [0.1, 0.15) is 42.4 Å². The van der Waals surface area contributed by atoms with Crippen molar-refractivity contribution in [3.05, 3.63) is 53.1 Å². The van der Waals surface area contributed by atoms with Crippen molar-refractivity contribution in [1.29, 1.82) is 0 Å². The Balaban J connectivity index is 1.11. The fourth-order valence-electron chi connectivity index (χ4n) is 6.22. The van der Waals surface area contributed by atoms with Gasteiger partial charge in [-0.2, -0.15) is 4.31 Å². The largest absolute Gasteiger partial charge is 0.493 e. The maximum absolute atomic E-state index is 13.3. The predicted octanol–water partition coefficient (Wildman–Crippen LogP) is 3.48. The molecule has 1 saturated heterocycles. The second-order valence-electron chi connectivity index (χ2n) is 10.2. The standard InChI is InChI=1S/C27H35N3O3S/c31-34(32,26-7-8-27-23(20-26)11-18-33-27)30-16-14-29(15-17-30)25-6-5-21-9-12-28(13-10-22(21)19-25)24-3-1-2-4-24/h5-8,19-20,24H,1-4,9-18H2. The highest BCUT2D eigenvalue weighted by Gasteiger charge is 2.30. The van der Waals surface area contributed by atoms with Gasteiger partial charge in [-0.15, -0.1) is 0 Å². The smallest absolute Gasteiger partial charge is 0.243 e. The lowest BCUT2D eigenvalue weighted by molar-refractivity contribution is 0.208. The second-order valence-corrected chi connectivity index (χ2v) is 12.1. The first kappa shape index (κ1) is 22.4. The van der Waals surface area contributed by atoms with Gasteiger partial charge in [0.15, 0.2) is 0 Å². The second kappa shape index (κ2) is 9.17. The molecule has 0 radical (unpaired) electrons. The molecule has 6 nitrogen and oxygen atoms in total. The number of hydrogen-bond acceptors (Lipinski definition) is 5. The van der Waals surface area contributed by atoms with Crippen LogP contribution >= 0.6 is 0 Å². The molecule has 1 aliphatic carbocycles. The Hall–Kier alpha value is -2.09. The van der Waals surface area contributed by atoms with Crippen LogP contribution < -0.4 is 9.64 Å². The first-order valence-electron chi connectivity index (χ1n) is 12.9. The molecule has 3 aliphatic heterocycles. The van der Waals surface area contributed by atoms with E-state index in [1.54, 1.807) is 22.5 Å². The SMILES string of the molecule is O=S(=O)(c1ccc2c(c1)CCO2)N1CCN(c2ccc3c(c2)CCN(C2CCCC2)CC3)CC1.